The first-order chi connectivity index (χ1) is 13.9. The maximum Gasteiger partial charge on any atom is 0.266 e. The molecular formula is C20H19ClFN5O2. The van der Waals surface area contributed by atoms with Crippen molar-refractivity contribution < 1.29 is 13.9 Å². The molecule has 0 radical (unpaired) electrons. The van der Waals surface area contributed by atoms with Gasteiger partial charge in [-0.05, 0) is 18.2 Å². The molecule has 0 aliphatic heterocycles. The minimum atomic E-state index is -0.571. The van der Waals surface area contributed by atoms with E-state index in [9.17, 15) is 9.18 Å². The van der Waals surface area contributed by atoms with E-state index in [2.05, 4.69) is 32.5 Å². The second-order valence-corrected chi connectivity index (χ2v) is 6.45. The number of anilines is 2. The Kier molecular flexibility index (Phi) is 6.13. The number of carbonyl (C=O) groups excluding carboxylic acids is 1. The van der Waals surface area contributed by atoms with Crippen LogP contribution in [0, 0.1) is 5.82 Å². The SMILES string of the molecule is C=C(NCc1cc2c(Nc3cccc(Cl)c3F)ncnc2cc1OC)C(=O)NC. The zero-order valence-corrected chi connectivity index (χ0v) is 16.6. The number of rotatable bonds is 7. The molecule has 9 heteroatoms. The molecule has 3 N–H and O–H groups in total. The number of hydrogen-bond donors (Lipinski definition) is 3. The molecule has 0 bridgehead atoms. The van der Waals surface area contributed by atoms with Gasteiger partial charge < -0.3 is 20.7 Å². The number of benzene rings is 2. The lowest BCUT2D eigenvalue weighted by Gasteiger charge is -2.15. The fourth-order valence-corrected chi connectivity index (χ4v) is 2.89. The van der Waals surface area contributed by atoms with Gasteiger partial charge in [0, 0.05) is 30.6 Å². The number of likely N-dealkylation sites (N-methyl/N-ethyl adjacent to an activating group) is 1. The number of nitrogens with one attached hydrogen (secondary N) is 3. The zero-order chi connectivity index (χ0) is 21.0. The summed E-state index contributed by atoms with van der Waals surface area (Å²) in [6.07, 6.45) is 1.37. The van der Waals surface area contributed by atoms with E-state index in [1.54, 1.807) is 25.3 Å². The maximum atomic E-state index is 14.3. The number of nitrogens with zero attached hydrogens (tertiary/aromatic N) is 2. The van der Waals surface area contributed by atoms with Gasteiger partial charge in [-0.3, -0.25) is 4.79 Å². The van der Waals surface area contributed by atoms with Crippen molar-refractivity contribution in [2.24, 2.45) is 0 Å². The predicted molar refractivity (Wildman–Crippen MR) is 111 cm³/mol. The van der Waals surface area contributed by atoms with Crippen LogP contribution in [0.15, 0.2) is 48.9 Å². The Labute approximate surface area is 172 Å². The third-order valence-electron chi connectivity index (χ3n) is 4.24. The van der Waals surface area contributed by atoms with Crippen LogP contribution in [0.2, 0.25) is 5.02 Å². The van der Waals surface area contributed by atoms with Crippen LogP contribution in [-0.4, -0.2) is 30.0 Å². The predicted octanol–water partition coefficient (Wildman–Crippen LogP) is 3.52. The molecule has 0 aliphatic rings. The number of amides is 1. The molecule has 1 amide bonds. The van der Waals surface area contributed by atoms with Gasteiger partial charge in [0.2, 0.25) is 0 Å². The Balaban J connectivity index is 1.98. The molecule has 0 aliphatic carbocycles. The van der Waals surface area contributed by atoms with Gasteiger partial charge in [-0.1, -0.05) is 24.2 Å². The van der Waals surface area contributed by atoms with Crippen molar-refractivity contribution in [3.63, 3.8) is 0 Å². The molecule has 0 atom stereocenters. The van der Waals surface area contributed by atoms with Crippen molar-refractivity contribution in [1.29, 1.82) is 0 Å². The third kappa shape index (κ3) is 4.38. The maximum absolute atomic E-state index is 14.3. The molecule has 29 heavy (non-hydrogen) atoms. The molecule has 0 fully saturated rings. The van der Waals surface area contributed by atoms with Gasteiger partial charge >= 0.3 is 0 Å². The Hall–Kier alpha value is -3.39. The van der Waals surface area contributed by atoms with E-state index in [0.717, 1.165) is 5.56 Å². The molecule has 7 nitrogen and oxygen atoms in total. The first kappa shape index (κ1) is 20.3. The summed E-state index contributed by atoms with van der Waals surface area (Å²) < 4.78 is 19.7. The molecule has 0 spiro atoms. The first-order valence-electron chi connectivity index (χ1n) is 8.62. The number of carbonyl (C=O) groups is 1. The van der Waals surface area contributed by atoms with Crippen LogP contribution < -0.4 is 20.7 Å². The van der Waals surface area contributed by atoms with Gasteiger partial charge in [0.25, 0.3) is 5.91 Å². The lowest BCUT2D eigenvalue weighted by Crippen LogP contribution is -2.28. The van der Waals surface area contributed by atoms with Crippen molar-refractivity contribution in [2.75, 3.05) is 19.5 Å². The van der Waals surface area contributed by atoms with Gasteiger partial charge in [0.1, 0.15) is 17.9 Å². The number of ether oxygens (including phenoxy) is 1. The van der Waals surface area contributed by atoms with Crippen LogP contribution in [0.4, 0.5) is 15.9 Å². The second kappa shape index (κ2) is 8.74. The summed E-state index contributed by atoms with van der Waals surface area (Å²) in [5.41, 5.74) is 1.77. The monoisotopic (exact) mass is 415 g/mol. The van der Waals surface area contributed by atoms with E-state index >= 15 is 0 Å². The minimum Gasteiger partial charge on any atom is -0.496 e. The lowest BCUT2D eigenvalue weighted by molar-refractivity contribution is -0.117. The lowest BCUT2D eigenvalue weighted by atomic mass is 10.1. The quantitative estimate of drug-likeness (QED) is 0.512. The summed E-state index contributed by atoms with van der Waals surface area (Å²) in [7, 11) is 3.07. The number of aromatic nitrogens is 2. The van der Waals surface area contributed by atoms with E-state index in [1.165, 1.54) is 19.4 Å². The topological polar surface area (TPSA) is 88.2 Å². The molecule has 3 rings (SSSR count). The summed E-state index contributed by atoms with van der Waals surface area (Å²) in [4.78, 5) is 20.1. The molecule has 2 aromatic carbocycles. The molecular weight excluding hydrogens is 397 g/mol. The van der Waals surface area contributed by atoms with E-state index < -0.39 is 5.82 Å². The molecule has 150 valence electrons. The highest BCUT2D eigenvalue weighted by atomic mass is 35.5. The Morgan fingerprint density at radius 1 is 1.31 bits per heavy atom. The number of halogens is 2. The van der Waals surface area contributed by atoms with Crippen molar-refractivity contribution >= 4 is 39.9 Å². The highest BCUT2D eigenvalue weighted by molar-refractivity contribution is 6.31. The highest BCUT2D eigenvalue weighted by Crippen LogP contribution is 2.31. The summed E-state index contributed by atoms with van der Waals surface area (Å²) in [5, 5.41) is 9.06. The number of methoxy groups -OCH3 is 1. The largest absolute Gasteiger partial charge is 0.496 e. The smallest absolute Gasteiger partial charge is 0.266 e. The first-order valence-corrected chi connectivity index (χ1v) is 9.00. The van der Waals surface area contributed by atoms with E-state index in [-0.39, 0.29) is 28.9 Å². The van der Waals surface area contributed by atoms with Crippen LogP contribution in [0.3, 0.4) is 0 Å². The van der Waals surface area contributed by atoms with Crippen molar-refractivity contribution in [1.82, 2.24) is 20.6 Å². The van der Waals surface area contributed by atoms with Crippen LogP contribution in [0.5, 0.6) is 5.75 Å². The Bertz CT molecular complexity index is 1090. The summed E-state index contributed by atoms with van der Waals surface area (Å²) in [6, 6.07) is 8.22. The van der Waals surface area contributed by atoms with Gasteiger partial charge in [-0.2, -0.15) is 0 Å². The normalized spacial score (nSPS) is 10.5. The van der Waals surface area contributed by atoms with Crippen LogP contribution in [-0.2, 0) is 11.3 Å². The van der Waals surface area contributed by atoms with Gasteiger partial charge in [0.05, 0.1) is 29.0 Å². The van der Waals surface area contributed by atoms with E-state index in [4.69, 9.17) is 16.3 Å². The molecule has 1 aromatic heterocycles. The Morgan fingerprint density at radius 2 is 2.10 bits per heavy atom. The number of fused-ring (bicyclic) bond motifs is 1. The van der Waals surface area contributed by atoms with Crippen molar-refractivity contribution in [3.05, 3.63) is 65.3 Å². The van der Waals surface area contributed by atoms with E-state index in [0.29, 0.717) is 22.5 Å². The van der Waals surface area contributed by atoms with Crippen molar-refractivity contribution in [2.45, 2.75) is 6.54 Å². The molecule has 0 unspecified atom stereocenters. The van der Waals surface area contributed by atoms with Gasteiger partial charge in [0.15, 0.2) is 5.82 Å². The standard InChI is InChI=1S/C20H19ClFN5O2/c1-11(20(28)23-2)24-9-12-7-13-16(8-17(12)29-3)25-10-26-19(13)27-15-6-4-5-14(21)18(15)22/h4-8,10,24H,1,9H2,2-3H3,(H,23,28)(H,25,26,27). The Morgan fingerprint density at radius 3 is 2.83 bits per heavy atom. The van der Waals surface area contributed by atoms with Crippen LogP contribution >= 0.6 is 11.6 Å². The third-order valence-corrected chi connectivity index (χ3v) is 4.53. The summed E-state index contributed by atoms with van der Waals surface area (Å²) >= 11 is 5.86. The molecule has 0 saturated carbocycles. The zero-order valence-electron chi connectivity index (χ0n) is 15.8. The molecule has 1 heterocycles. The van der Waals surface area contributed by atoms with Crippen LogP contribution in [0.1, 0.15) is 5.56 Å². The average molecular weight is 416 g/mol. The van der Waals surface area contributed by atoms with Crippen molar-refractivity contribution in [3.8, 4) is 5.75 Å². The minimum absolute atomic E-state index is 0.00707. The van der Waals surface area contributed by atoms with E-state index in [1.807, 2.05) is 6.07 Å². The molecule has 0 saturated heterocycles. The fraction of sp³-hybridized carbons (Fsp3) is 0.150. The van der Waals surface area contributed by atoms with Crippen LogP contribution in [0.25, 0.3) is 10.9 Å². The highest BCUT2D eigenvalue weighted by Gasteiger charge is 2.14. The second-order valence-electron chi connectivity index (χ2n) is 6.04. The average Bonchev–Trinajstić information content (AvgIpc) is 2.74. The summed E-state index contributed by atoms with van der Waals surface area (Å²) in [6.45, 7) is 3.98. The summed E-state index contributed by atoms with van der Waals surface area (Å²) in [5.74, 6) is 0.101. The van der Waals surface area contributed by atoms with Gasteiger partial charge in [-0.25, -0.2) is 14.4 Å². The molecule has 3 aromatic rings. The van der Waals surface area contributed by atoms with Gasteiger partial charge in [-0.15, -0.1) is 0 Å². The fourth-order valence-electron chi connectivity index (χ4n) is 2.72. The number of hydrogen-bond acceptors (Lipinski definition) is 6.